The number of aliphatic hydroxyl groups is 1. The molecule has 7 atom stereocenters. The van der Waals surface area contributed by atoms with Gasteiger partial charge in [-0.3, -0.25) is 9.79 Å². The second kappa shape index (κ2) is 4.56. The summed E-state index contributed by atoms with van der Waals surface area (Å²) in [6.07, 6.45) is 6.24. The molecule has 3 aliphatic carbocycles. The highest BCUT2D eigenvalue weighted by atomic mass is 16.3. The van der Waals surface area contributed by atoms with Crippen molar-refractivity contribution < 1.29 is 9.90 Å². The minimum absolute atomic E-state index is 0.0813. The first kappa shape index (κ1) is 14.7. The molecule has 4 heteroatoms. The third-order valence-corrected chi connectivity index (χ3v) is 7.52. The third-order valence-electron chi connectivity index (χ3n) is 7.52. The summed E-state index contributed by atoms with van der Waals surface area (Å²) in [6.45, 7) is 4.45. The number of carbonyl (C=O) groups is 1. The van der Waals surface area contributed by atoms with E-state index >= 15 is 0 Å². The Morgan fingerprint density at radius 3 is 2.82 bits per heavy atom. The number of carbonyl (C=O) groups excluding carboxylic acids is 1. The van der Waals surface area contributed by atoms with Crippen molar-refractivity contribution in [3.05, 3.63) is 0 Å². The van der Waals surface area contributed by atoms with Crippen LogP contribution in [-0.2, 0) is 4.79 Å². The number of nitrogens with two attached hydrogens (primary N) is 1. The maximum absolute atomic E-state index is 13.1. The van der Waals surface area contributed by atoms with E-state index in [0.717, 1.165) is 44.4 Å². The molecule has 3 saturated carbocycles. The van der Waals surface area contributed by atoms with Crippen LogP contribution in [0.1, 0.15) is 58.8 Å². The molecule has 0 radical (unpaired) electrons. The van der Waals surface area contributed by atoms with Gasteiger partial charge in [0.25, 0.3) is 0 Å². The van der Waals surface area contributed by atoms with Gasteiger partial charge in [0.2, 0.25) is 0 Å². The van der Waals surface area contributed by atoms with E-state index in [0.29, 0.717) is 30.0 Å². The number of fused-ring (bicyclic) bond motifs is 5. The fourth-order valence-electron chi connectivity index (χ4n) is 6.49. The Kier molecular flexibility index (Phi) is 3.04. The van der Waals surface area contributed by atoms with Crippen molar-refractivity contribution in [2.24, 2.45) is 39.8 Å². The van der Waals surface area contributed by atoms with Crippen LogP contribution in [0.3, 0.4) is 0 Å². The van der Waals surface area contributed by atoms with Crippen molar-refractivity contribution in [3.63, 3.8) is 0 Å². The van der Waals surface area contributed by atoms with Crippen molar-refractivity contribution in [1.82, 2.24) is 0 Å². The zero-order chi connectivity index (χ0) is 15.7. The average Bonchev–Trinajstić information content (AvgIpc) is 2.73. The van der Waals surface area contributed by atoms with Crippen LogP contribution in [0.2, 0.25) is 0 Å². The van der Waals surface area contributed by atoms with Gasteiger partial charge in [0.15, 0.2) is 0 Å². The highest BCUT2D eigenvalue weighted by Gasteiger charge is 2.61. The van der Waals surface area contributed by atoms with Crippen molar-refractivity contribution in [1.29, 1.82) is 0 Å². The summed E-state index contributed by atoms with van der Waals surface area (Å²) in [4.78, 5) is 17.7. The largest absolute Gasteiger partial charge is 0.393 e. The molecule has 4 aliphatic rings. The van der Waals surface area contributed by atoms with Crippen LogP contribution in [0.5, 0.6) is 0 Å². The molecule has 1 heterocycles. The Balaban J connectivity index is 1.69. The smallest absolute Gasteiger partial charge is 0.139 e. The van der Waals surface area contributed by atoms with Gasteiger partial charge in [0.05, 0.1) is 17.5 Å². The molecule has 0 aromatic heterocycles. The molecule has 0 aromatic carbocycles. The predicted molar refractivity (Wildman–Crippen MR) is 85.4 cm³/mol. The monoisotopic (exact) mass is 304 g/mol. The number of rotatable bonds is 0. The number of aliphatic imine (C=N–C) groups is 1. The van der Waals surface area contributed by atoms with E-state index in [1.165, 1.54) is 0 Å². The second-order valence-corrected chi connectivity index (χ2v) is 8.76. The maximum Gasteiger partial charge on any atom is 0.139 e. The van der Waals surface area contributed by atoms with Crippen LogP contribution in [0.4, 0.5) is 0 Å². The number of nitrogens with zero attached hydrogens (tertiary/aromatic N) is 1. The normalized spacial score (nSPS) is 54.2. The summed E-state index contributed by atoms with van der Waals surface area (Å²) >= 11 is 0. The summed E-state index contributed by atoms with van der Waals surface area (Å²) in [5.74, 6) is 2.70. The molecule has 3 fully saturated rings. The lowest BCUT2D eigenvalue weighted by Gasteiger charge is -2.58. The van der Waals surface area contributed by atoms with Gasteiger partial charge in [0, 0.05) is 18.8 Å². The highest BCUT2D eigenvalue weighted by molar-refractivity contribution is 5.89. The molecule has 0 aromatic rings. The highest BCUT2D eigenvalue weighted by Crippen LogP contribution is 2.62. The van der Waals surface area contributed by atoms with Gasteiger partial charge in [-0.25, -0.2) is 0 Å². The SMILES string of the molecule is CC12CC(=O)C3C(CCC4CC(O)CCC43C)C1CC(N)=N2. The van der Waals surface area contributed by atoms with Crippen LogP contribution in [0.25, 0.3) is 0 Å². The summed E-state index contributed by atoms with van der Waals surface area (Å²) in [5, 5.41) is 10.0. The summed E-state index contributed by atoms with van der Waals surface area (Å²) < 4.78 is 0. The topological polar surface area (TPSA) is 75.7 Å². The van der Waals surface area contributed by atoms with Crippen molar-refractivity contribution >= 4 is 11.6 Å². The van der Waals surface area contributed by atoms with E-state index in [1.54, 1.807) is 0 Å². The first-order valence-electron chi connectivity index (χ1n) is 8.88. The number of ketones is 1. The van der Waals surface area contributed by atoms with Gasteiger partial charge in [0.1, 0.15) is 5.78 Å². The fraction of sp³-hybridized carbons (Fsp3) is 0.889. The Hall–Kier alpha value is -0.900. The minimum atomic E-state index is -0.250. The molecule has 0 amide bonds. The van der Waals surface area contributed by atoms with E-state index in [1.807, 2.05) is 0 Å². The minimum Gasteiger partial charge on any atom is -0.393 e. The van der Waals surface area contributed by atoms with E-state index < -0.39 is 0 Å². The number of hydrogen-bond donors (Lipinski definition) is 2. The summed E-state index contributed by atoms with van der Waals surface area (Å²) in [5.41, 5.74) is 5.87. The lowest BCUT2D eigenvalue weighted by Crippen LogP contribution is -2.58. The molecule has 0 saturated heterocycles. The Morgan fingerprint density at radius 1 is 1.27 bits per heavy atom. The molecular weight excluding hydrogens is 276 g/mol. The summed E-state index contributed by atoms with van der Waals surface area (Å²) in [6, 6.07) is 0. The zero-order valence-corrected chi connectivity index (χ0v) is 13.7. The third kappa shape index (κ3) is 1.85. The van der Waals surface area contributed by atoms with E-state index in [4.69, 9.17) is 5.73 Å². The molecule has 22 heavy (non-hydrogen) atoms. The molecule has 4 rings (SSSR count). The first-order chi connectivity index (χ1) is 10.3. The number of Topliss-reactive ketones (excluding diaryl/α,β-unsaturated/α-hetero) is 1. The quantitative estimate of drug-likeness (QED) is 0.721. The number of hydrogen-bond acceptors (Lipinski definition) is 4. The van der Waals surface area contributed by atoms with Crippen LogP contribution in [-0.4, -0.2) is 28.4 Å². The molecule has 0 spiro atoms. The number of amidine groups is 1. The van der Waals surface area contributed by atoms with Crippen LogP contribution in [0.15, 0.2) is 4.99 Å². The van der Waals surface area contributed by atoms with Gasteiger partial charge in [-0.1, -0.05) is 6.92 Å². The van der Waals surface area contributed by atoms with Crippen molar-refractivity contribution in [3.8, 4) is 0 Å². The Labute approximate surface area is 132 Å². The molecular formula is C18H28N2O2. The van der Waals surface area contributed by atoms with Gasteiger partial charge in [-0.05, 0) is 62.2 Å². The molecule has 4 nitrogen and oxygen atoms in total. The van der Waals surface area contributed by atoms with Crippen LogP contribution >= 0.6 is 0 Å². The van der Waals surface area contributed by atoms with Crippen LogP contribution < -0.4 is 5.73 Å². The van der Waals surface area contributed by atoms with E-state index in [-0.39, 0.29) is 23.0 Å². The average molecular weight is 304 g/mol. The number of aliphatic hydroxyl groups excluding tert-OH is 1. The van der Waals surface area contributed by atoms with Gasteiger partial charge < -0.3 is 10.8 Å². The molecule has 122 valence electrons. The van der Waals surface area contributed by atoms with Crippen molar-refractivity contribution in [2.75, 3.05) is 0 Å². The molecule has 3 N–H and O–H groups in total. The van der Waals surface area contributed by atoms with E-state index in [2.05, 4.69) is 18.8 Å². The molecule has 7 unspecified atom stereocenters. The molecule has 1 aliphatic heterocycles. The Morgan fingerprint density at radius 2 is 2.05 bits per heavy atom. The lowest BCUT2D eigenvalue weighted by molar-refractivity contribution is -0.154. The lowest BCUT2D eigenvalue weighted by atomic mass is 9.45. The van der Waals surface area contributed by atoms with Gasteiger partial charge >= 0.3 is 0 Å². The summed E-state index contributed by atoms with van der Waals surface area (Å²) in [7, 11) is 0. The van der Waals surface area contributed by atoms with Crippen molar-refractivity contribution in [2.45, 2.75) is 70.4 Å². The predicted octanol–water partition coefficient (Wildman–Crippen LogP) is 2.29. The van der Waals surface area contributed by atoms with Gasteiger partial charge in [-0.15, -0.1) is 0 Å². The first-order valence-corrected chi connectivity index (χ1v) is 8.88. The second-order valence-electron chi connectivity index (χ2n) is 8.76. The Bertz CT molecular complexity index is 545. The van der Waals surface area contributed by atoms with E-state index in [9.17, 15) is 9.90 Å². The molecule has 0 bridgehead atoms. The standard InChI is InChI=1S/C18H28N2O2/c1-17-6-5-11(21)7-10(17)3-4-12-13-8-15(19)20-18(13,2)9-14(22)16(12)17/h10-13,16,21H,3-9H2,1-2H3,(H2,19,20). The van der Waals surface area contributed by atoms with Crippen LogP contribution in [0, 0.1) is 29.1 Å². The fourth-order valence-corrected chi connectivity index (χ4v) is 6.49. The van der Waals surface area contributed by atoms with Gasteiger partial charge in [-0.2, -0.15) is 0 Å². The zero-order valence-electron chi connectivity index (χ0n) is 13.7. The maximum atomic E-state index is 13.1.